The number of hydrogen-bond donors (Lipinski definition) is 3. The van der Waals surface area contributed by atoms with Crippen molar-refractivity contribution < 1.29 is 9.18 Å². The molecule has 0 atom stereocenters. The van der Waals surface area contributed by atoms with E-state index >= 15 is 0 Å². The Labute approximate surface area is 113 Å². The number of anilines is 1. The molecule has 7 heteroatoms. The Morgan fingerprint density at radius 3 is 2.95 bits per heavy atom. The van der Waals surface area contributed by atoms with Crippen LogP contribution in [-0.2, 0) is 6.54 Å². The van der Waals surface area contributed by atoms with E-state index in [4.69, 9.17) is 5.84 Å². The molecule has 19 heavy (non-hydrogen) atoms. The molecule has 0 unspecified atom stereocenters. The fraction of sp³-hybridized carbons (Fsp3) is 0.167. The standard InChI is InChI=1S/C12H13FN4OS/c1-7-5-19-6-8(7)4-16-12(18)9-2-3-15-11(17-14)10(9)13/h2-3,5-6H,4,14H2,1H3,(H,15,17)(H,16,18). The SMILES string of the molecule is Cc1cscc1CNC(=O)c1ccnc(NN)c1F. The van der Waals surface area contributed by atoms with Gasteiger partial charge in [-0.2, -0.15) is 11.3 Å². The maximum Gasteiger partial charge on any atom is 0.254 e. The van der Waals surface area contributed by atoms with Gasteiger partial charge in [-0.05, 0) is 34.9 Å². The predicted molar refractivity (Wildman–Crippen MR) is 72.2 cm³/mol. The molecule has 2 aromatic heterocycles. The summed E-state index contributed by atoms with van der Waals surface area (Å²) in [7, 11) is 0. The number of nitrogens with two attached hydrogens (primary N) is 1. The van der Waals surface area contributed by atoms with Crippen molar-refractivity contribution in [3.05, 3.63) is 45.5 Å². The van der Waals surface area contributed by atoms with Crippen LogP contribution in [0.5, 0.6) is 0 Å². The van der Waals surface area contributed by atoms with E-state index in [0.717, 1.165) is 11.1 Å². The van der Waals surface area contributed by atoms with Crippen LogP contribution in [0.3, 0.4) is 0 Å². The van der Waals surface area contributed by atoms with Gasteiger partial charge in [0, 0.05) is 12.7 Å². The topological polar surface area (TPSA) is 80.0 Å². The molecule has 2 rings (SSSR count). The molecule has 0 saturated carbocycles. The van der Waals surface area contributed by atoms with Crippen molar-refractivity contribution in [3.8, 4) is 0 Å². The molecule has 0 aliphatic rings. The predicted octanol–water partition coefficient (Wildman–Crippen LogP) is 1.81. The molecule has 5 nitrogen and oxygen atoms in total. The second-order valence-electron chi connectivity index (χ2n) is 3.93. The van der Waals surface area contributed by atoms with E-state index in [2.05, 4.69) is 15.7 Å². The lowest BCUT2D eigenvalue weighted by molar-refractivity contribution is 0.0947. The Morgan fingerprint density at radius 1 is 1.53 bits per heavy atom. The number of carbonyl (C=O) groups excluding carboxylic acids is 1. The summed E-state index contributed by atoms with van der Waals surface area (Å²) in [5.41, 5.74) is 4.14. The smallest absolute Gasteiger partial charge is 0.254 e. The summed E-state index contributed by atoms with van der Waals surface area (Å²) in [5, 5.41) is 6.61. The van der Waals surface area contributed by atoms with Gasteiger partial charge in [0.1, 0.15) is 0 Å². The lowest BCUT2D eigenvalue weighted by Gasteiger charge is -2.08. The first-order valence-electron chi connectivity index (χ1n) is 5.54. The quantitative estimate of drug-likeness (QED) is 0.589. The minimum Gasteiger partial charge on any atom is -0.348 e. The molecular formula is C12H13FN4OS. The lowest BCUT2D eigenvalue weighted by Crippen LogP contribution is -2.25. The van der Waals surface area contributed by atoms with E-state index in [1.165, 1.54) is 12.3 Å². The summed E-state index contributed by atoms with van der Waals surface area (Å²) in [6.07, 6.45) is 1.32. The highest BCUT2D eigenvalue weighted by Gasteiger charge is 2.15. The zero-order valence-electron chi connectivity index (χ0n) is 10.2. The van der Waals surface area contributed by atoms with Gasteiger partial charge in [0.15, 0.2) is 11.6 Å². The van der Waals surface area contributed by atoms with Crippen LogP contribution in [0.2, 0.25) is 0 Å². The van der Waals surface area contributed by atoms with Crippen molar-refractivity contribution in [3.63, 3.8) is 0 Å². The first-order chi connectivity index (χ1) is 9.13. The lowest BCUT2D eigenvalue weighted by atomic mass is 10.2. The molecule has 2 heterocycles. The molecule has 0 aliphatic carbocycles. The largest absolute Gasteiger partial charge is 0.348 e. The highest BCUT2D eigenvalue weighted by Crippen LogP contribution is 2.15. The third-order valence-electron chi connectivity index (χ3n) is 2.67. The normalized spacial score (nSPS) is 10.3. The second kappa shape index (κ2) is 5.77. The third kappa shape index (κ3) is 2.88. The summed E-state index contributed by atoms with van der Waals surface area (Å²) >= 11 is 1.56. The molecule has 1 amide bonds. The Balaban J connectivity index is 2.10. The second-order valence-corrected chi connectivity index (χ2v) is 4.67. The number of carbonyl (C=O) groups is 1. The molecule has 0 aliphatic heterocycles. The van der Waals surface area contributed by atoms with E-state index in [0.29, 0.717) is 6.54 Å². The van der Waals surface area contributed by atoms with E-state index in [9.17, 15) is 9.18 Å². The molecule has 0 saturated heterocycles. The zero-order valence-corrected chi connectivity index (χ0v) is 11.1. The molecule has 0 spiro atoms. The minimum atomic E-state index is -0.760. The van der Waals surface area contributed by atoms with Crippen LogP contribution in [-0.4, -0.2) is 10.9 Å². The summed E-state index contributed by atoms with van der Waals surface area (Å²) in [4.78, 5) is 15.6. The van der Waals surface area contributed by atoms with Gasteiger partial charge in [-0.1, -0.05) is 0 Å². The maximum absolute atomic E-state index is 13.8. The van der Waals surface area contributed by atoms with Gasteiger partial charge in [0.2, 0.25) is 0 Å². The third-order valence-corrected chi connectivity index (χ3v) is 3.58. The first-order valence-corrected chi connectivity index (χ1v) is 6.48. The number of thiophene rings is 1. The van der Waals surface area contributed by atoms with Gasteiger partial charge in [-0.3, -0.25) is 4.79 Å². The number of nitrogens with zero attached hydrogens (tertiary/aromatic N) is 1. The van der Waals surface area contributed by atoms with E-state index < -0.39 is 11.7 Å². The number of nitrogens with one attached hydrogen (secondary N) is 2. The number of amides is 1. The molecule has 100 valence electrons. The van der Waals surface area contributed by atoms with E-state index in [1.54, 1.807) is 11.3 Å². The van der Waals surface area contributed by atoms with Crippen LogP contribution in [0.25, 0.3) is 0 Å². The number of pyridine rings is 1. The van der Waals surface area contributed by atoms with E-state index in [1.807, 2.05) is 17.7 Å². The summed E-state index contributed by atoms with van der Waals surface area (Å²) < 4.78 is 13.8. The number of hydrogen-bond acceptors (Lipinski definition) is 5. The van der Waals surface area contributed by atoms with Crippen molar-refractivity contribution >= 4 is 23.1 Å². The van der Waals surface area contributed by atoms with Crippen LogP contribution in [0.1, 0.15) is 21.5 Å². The number of aryl methyl sites for hydroxylation is 1. The van der Waals surface area contributed by atoms with Crippen LogP contribution in [0, 0.1) is 12.7 Å². The maximum atomic E-state index is 13.8. The molecule has 2 aromatic rings. The minimum absolute atomic E-state index is 0.0872. The fourth-order valence-electron chi connectivity index (χ4n) is 1.56. The Hall–Kier alpha value is -1.99. The molecule has 0 aromatic carbocycles. The van der Waals surface area contributed by atoms with Gasteiger partial charge in [0.05, 0.1) is 5.56 Å². The average molecular weight is 280 g/mol. The Morgan fingerprint density at radius 2 is 2.32 bits per heavy atom. The zero-order chi connectivity index (χ0) is 13.8. The van der Waals surface area contributed by atoms with Crippen molar-refractivity contribution in [2.24, 2.45) is 5.84 Å². The Kier molecular flexibility index (Phi) is 4.08. The molecule has 0 bridgehead atoms. The van der Waals surface area contributed by atoms with Crippen molar-refractivity contribution in [2.45, 2.75) is 13.5 Å². The summed E-state index contributed by atoms with van der Waals surface area (Å²) in [5.74, 6) is 3.70. The highest BCUT2D eigenvalue weighted by molar-refractivity contribution is 7.08. The summed E-state index contributed by atoms with van der Waals surface area (Å²) in [6.45, 7) is 2.32. The van der Waals surface area contributed by atoms with Crippen molar-refractivity contribution in [1.82, 2.24) is 10.3 Å². The number of halogens is 1. The number of nitrogen functional groups attached to an aromatic ring is 1. The van der Waals surface area contributed by atoms with E-state index in [-0.39, 0.29) is 11.4 Å². The number of hydrazine groups is 1. The monoisotopic (exact) mass is 280 g/mol. The molecule has 0 radical (unpaired) electrons. The van der Waals surface area contributed by atoms with Gasteiger partial charge in [-0.25, -0.2) is 15.2 Å². The summed E-state index contributed by atoms with van der Waals surface area (Å²) in [6, 6.07) is 1.31. The van der Waals surface area contributed by atoms with Gasteiger partial charge < -0.3 is 10.7 Å². The fourth-order valence-corrected chi connectivity index (χ4v) is 2.42. The van der Waals surface area contributed by atoms with Crippen molar-refractivity contribution in [2.75, 3.05) is 5.43 Å². The number of aromatic nitrogens is 1. The van der Waals surface area contributed by atoms with Gasteiger partial charge >= 0.3 is 0 Å². The van der Waals surface area contributed by atoms with Gasteiger partial charge in [0.25, 0.3) is 5.91 Å². The molecular weight excluding hydrogens is 267 g/mol. The average Bonchev–Trinajstić information content (AvgIpc) is 2.82. The number of rotatable bonds is 4. The molecule has 0 fully saturated rings. The van der Waals surface area contributed by atoms with Crippen LogP contribution < -0.4 is 16.6 Å². The van der Waals surface area contributed by atoms with Crippen LogP contribution >= 0.6 is 11.3 Å². The van der Waals surface area contributed by atoms with Crippen LogP contribution in [0.4, 0.5) is 10.2 Å². The highest BCUT2D eigenvalue weighted by atomic mass is 32.1. The first kappa shape index (κ1) is 13.4. The Bertz CT molecular complexity index is 599. The van der Waals surface area contributed by atoms with Crippen molar-refractivity contribution in [1.29, 1.82) is 0 Å². The van der Waals surface area contributed by atoms with Crippen LogP contribution in [0.15, 0.2) is 23.0 Å². The molecule has 4 N–H and O–H groups in total. The van der Waals surface area contributed by atoms with Gasteiger partial charge in [-0.15, -0.1) is 0 Å².